The molecule has 1 rings (SSSR count). The van der Waals surface area contributed by atoms with Gasteiger partial charge in [-0.2, -0.15) is 0 Å². The molecular formula is C12H16F2O2. The number of halogens is 2. The molecule has 1 aromatic rings. The summed E-state index contributed by atoms with van der Waals surface area (Å²) in [7, 11) is 1.55. The fraction of sp³-hybridized carbons (Fsp3) is 0.500. The molecule has 0 bridgehead atoms. The summed E-state index contributed by atoms with van der Waals surface area (Å²) in [5.41, 5.74) is 0.452. The van der Waals surface area contributed by atoms with E-state index in [1.54, 1.807) is 7.11 Å². The summed E-state index contributed by atoms with van der Waals surface area (Å²) < 4.78 is 30.7. The van der Waals surface area contributed by atoms with E-state index in [2.05, 4.69) is 0 Å². The van der Waals surface area contributed by atoms with E-state index in [0.717, 1.165) is 6.07 Å². The Balaban J connectivity index is 2.65. The Morgan fingerprint density at radius 2 is 1.81 bits per heavy atom. The summed E-state index contributed by atoms with van der Waals surface area (Å²) in [5.74, 6) is -1.32. The molecule has 2 unspecified atom stereocenters. The zero-order valence-corrected chi connectivity index (χ0v) is 9.41. The summed E-state index contributed by atoms with van der Waals surface area (Å²) in [6, 6.07) is 3.27. The van der Waals surface area contributed by atoms with Crippen molar-refractivity contribution in [2.24, 2.45) is 5.92 Å². The van der Waals surface area contributed by atoms with Gasteiger partial charge in [0.1, 0.15) is 11.6 Å². The summed E-state index contributed by atoms with van der Waals surface area (Å²) in [6.07, 6.45) is -0.444. The van der Waals surface area contributed by atoms with Gasteiger partial charge in [-0.05, 0) is 24.1 Å². The first kappa shape index (κ1) is 13.1. The fourth-order valence-electron chi connectivity index (χ4n) is 1.55. The number of methoxy groups -OCH3 is 1. The number of hydrogen-bond acceptors (Lipinski definition) is 2. The molecule has 16 heavy (non-hydrogen) atoms. The van der Waals surface area contributed by atoms with E-state index in [-0.39, 0.29) is 12.3 Å². The third-order valence-corrected chi connectivity index (χ3v) is 2.45. The zero-order chi connectivity index (χ0) is 12.1. The van der Waals surface area contributed by atoms with Crippen LogP contribution in [0.4, 0.5) is 8.78 Å². The minimum absolute atomic E-state index is 0.0728. The Bertz CT molecular complexity index is 322. The van der Waals surface area contributed by atoms with Crippen molar-refractivity contribution in [3.8, 4) is 0 Å². The quantitative estimate of drug-likeness (QED) is 0.839. The Labute approximate surface area is 93.9 Å². The highest BCUT2D eigenvalue weighted by Gasteiger charge is 2.15. The van der Waals surface area contributed by atoms with E-state index < -0.39 is 17.7 Å². The van der Waals surface area contributed by atoms with Crippen molar-refractivity contribution in [1.82, 2.24) is 0 Å². The van der Waals surface area contributed by atoms with Gasteiger partial charge in [0.25, 0.3) is 0 Å². The minimum atomic E-state index is -0.666. The highest BCUT2D eigenvalue weighted by atomic mass is 19.1. The molecule has 0 fully saturated rings. The topological polar surface area (TPSA) is 29.5 Å². The van der Waals surface area contributed by atoms with Crippen molar-refractivity contribution in [3.63, 3.8) is 0 Å². The molecule has 90 valence electrons. The number of rotatable bonds is 5. The molecule has 2 nitrogen and oxygen atoms in total. The normalized spacial score (nSPS) is 14.8. The van der Waals surface area contributed by atoms with E-state index >= 15 is 0 Å². The number of aliphatic hydroxyl groups is 1. The predicted molar refractivity (Wildman–Crippen MR) is 57.1 cm³/mol. The maximum Gasteiger partial charge on any atom is 0.126 e. The van der Waals surface area contributed by atoms with Gasteiger partial charge < -0.3 is 9.84 Å². The summed E-state index contributed by atoms with van der Waals surface area (Å²) >= 11 is 0. The van der Waals surface area contributed by atoms with Crippen molar-refractivity contribution < 1.29 is 18.6 Å². The van der Waals surface area contributed by atoms with Gasteiger partial charge in [0.15, 0.2) is 0 Å². The molecule has 0 radical (unpaired) electrons. The Hall–Kier alpha value is -1.00. The standard InChI is InChI=1S/C12H16F2O2/c1-8(7-16-2)12(15)5-9-3-10(13)6-11(14)4-9/h3-4,6,8,12,15H,5,7H2,1-2H3. The molecule has 0 aliphatic rings. The molecule has 2 atom stereocenters. The van der Waals surface area contributed by atoms with Crippen LogP contribution >= 0.6 is 0 Å². The number of hydrogen-bond donors (Lipinski definition) is 1. The van der Waals surface area contributed by atoms with Crippen LogP contribution in [0.15, 0.2) is 18.2 Å². The lowest BCUT2D eigenvalue weighted by atomic mass is 9.98. The van der Waals surface area contributed by atoms with Crippen LogP contribution in [-0.2, 0) is 11.2 Å². The number of aliphatic hydroxyl groups excluding tert-OH is 1. The lowest BCUT2D eigenvalue weighted by Crippen LogP contribution is -2.24. The smallest absolute Gasteiger partial charge is 0.126 e. The van der Waals surface area contributed by atoms with Crippen molar-refractivity contribution in [1.29, 1.82) is 0 Å². The van der Waals surface area contributed by atoms with Crippen LogP contribution < -0.4 is 0 Å². The van der Waals surface area contributed by atoms with Crippen LogP contribution in [0.3, 0.4) is 0 Å². The van der Waals surface area contributed by atoms with E-state index in [1.165, 1.54) is 12.1 Å². The van der Waals surface area contributed by atoms with Gasteiger partial charge in [0, 0.05) is 19.1 Å². The van der Waals surface area contributed by atoms with Crippen molar-refractivity contribution in [2.45, 2.75) is 19.4 Å². The SMILES string of the molecule is COCC(C)C(O)Cc1cc(F)cc(F)c1. The van der Waals surface area contributed by atoms with Gasteiger partial charge in [0.05, 0.1) is 12.7 Å². The van der Waals surface area contributed by atoms with Crippen LogP contribution in [0, 0.1) is 17.6 Å². The monoisotopic (exact) mass is 230 g/mol. The second-order valence-electron chi connectivity index (χ2n) is 3.98. The Kier molecular flexibility index (Phi) is 4.83. The first-order chi connectivity index (χ1) is 7.52. The van der Waals surface area contributed by atoms with Crippen molar-refractivity contribution >= 4 is 0 Å². The molecule has 0 saturated carbocycles. The van der Waals surface area contributed by atoms with Gasteiger partial charge in [-0.25, -0.2) is 8.78 Å². The number of benzene rings is 1. The summed E-state index contributed by atoms with van der Waals surface area (Å²) in [4.78, 5) is 0. The van der Waals surface area contributed by atoms with Gasteiger partial charge in [-0.3, -0.25) is 0 Å². The minimum Gasteiger partial charge on any atom is -0.392 e. The molecular weight excluding hydrogens is 214 g/mol. The van der Waals surface area contributed by atoms with Crippen LogP contribution in [0.5, 0.6) is 0 Å². The number of ether oxygens (including phenoxy) is 1. The van der Waals surface area contributed by atoms with E-state index in [9.17, 15) is 13.9 Å². The lowest BCUT2D eigenvalue weighted by Gasteiger charge is -2.17. The largest absolute Gasteiger partial charge is 0.392 e. The van der Waals surface area contributed by atoms with Gasteiger partial charge in [0.2, 0.25) is 0 Å². The first-order valence-electron chi connectivity index (χ1n) is 5.15. The van der Waals surface area contributed by atoms with Gasteiger partial charge in [-0.15, -0.1) is 0 Å². The molecule has 0 aliphatic carbocycles. The maximum atomic E-state index is 12.9. The van der Waals surface area contributed by atoms with Gasteiger partial charge in [-0.1, -0.05) is 6.92 Å². The molecule has 1 aromatic carbocycles. The third-order valence-electron chi connectivity index (χ3n) is 2.45. The summed E-state index contributed by atoms with van der Waals surface area (Å²) in [5, 5.41) is 9.76. The predicted octanol–water partition coefficient (Wildman–Crippen LogP) is 2.15. The molecule has 0 amide bonds. The second-order valence-corrected chi connectivity index (χ2v) is 3.98. The van der Waals surface area contributed by atoms with E-state index in [0.29, 0.717) is 12.2 Å². The fourth-order valence-corrected chi connectivity index (χ4v) is 1.55. The van der Waals surface area contributed by atoms with Crippen LogP contribution in [-0.4, -0.2) is 24.9 Å². The van der Waals surface area contributed by atoms with Crippen molar-refractivity contribution in [3.05, 3.63) is 35.4 Å². The first-order valence-corrected chi connectivity index (χ1v) is 5.15. The van der Waals surface area contributed by atoms with Crippen LogP contribution in [0.2, 0.25) is 0 Å². The molecule has 4 heteroatoms. The molecule has 1 N–H and O–H groups in total. The molecule has 0 heterocycles. The average Bonchev–Trinajstić information content (AvgIpc) is 2.16. The van der Waals surface area contributed by atoms with Crippen LogP contribution in [0.25, 0.3) is 0 Å². The van der Waals surface area contributed by atoms with E-state index in [4.69, 9.17) is 4.74 Å². The lowest BCUT2D eigenvalue weighted by molar-refractivity contribution is 0.0574. The van der Waals surface area contributed by atoms with Crippen molar-refractivity contribution in [2.75, 3.05) is 13.7 Å². The molecule has 0 aromatic heterocycles. The Morgan fingerprint density at radius 1 is 1.25 bits per heavy atom. The second kappa shape index (κ2) is 5.92. The third kappa shape index (κ3) is 3.87. The highest BCUT2D eigenvalue weighted by Crippen LogP contribution is 2.14. The average molecular weight is 230 g/mol. The van der Waals surface area contributed by atoms with Crippen LogP contribution in [0.1, 0.15) is 12.5 Å². The molecule has 0 aliphatic heterocycles. The highest BCUT2D eigenvalue weighted by molar-refractivity contribution is 5.18. The maximum absolute atomic E-state index is 12.9. The summed E-state index contributed by atoms with van der Waals surface area (Å²) in [6.45, 7) is 2.24. The van der Waals surface area contributed by atoms with Gasteiger partial charge >= 0.3 is 0 Å². The molecule has 0 spiro atoms. The van der Waals surface area contributed by atoms with E-state index in [1.807, 2.05) is 6.92 Å². The zero-order valence-electron chi connectivity index (χ0n) is 9.41. The molecule has 0 saturated heterocycles. The Morgan fingerprint density at radius 3 is 2.31 bits per heavy atom.